The molecule has 1 unspecified atom stereocenters. The van der Waals surface area contributed by atoms with Crippen molar-refractivity contribution in [1.82, 2.24) is 9.88 Å². The number of halogens is 1. The Morgan fingerprint density at radius 2 is 2.47 bits per heavy atom. The molecule has 1 aromatic rings. The minimum absolute atomic E-state index is 0.772. The fraction of sp³-hybridized carbons (Fsp3) is 0.545. The molecule has 82 valence electrons. The summed E-state index contributed by atoms with van der Waals surface area (Å²) in [5, 5.41) is 3.43. The minimum Gasteiger partial charge on any atom is -0.383 e. The van der Waals surface area contributed by atoms with Gasteiger partial charge in [-0.05, 0) is 47.9 Å². The molecule has 1 aliphatic rings. The van der Waals surface area contributed by atoms with Crippen LogP contribution in [0.1, 0.15) is 6.42 Å². The highest BCUT2D eigenvalue weighted by molar-refractivity contribution is 9.10. The van der Waals surface area contributed by atoms with Crippen LogP contribution in [0.25, 0.3) is 0 Å². The Labute approximate surface area is 99.0 Å². The van der Waals surface area contributed by atoms with Crippen molar-refractivity contribution in [2.75, 3.05) is 32.0 Å². The zero-order valence-electron chi connectivity index (χ0n) is 8.91. The molecule has 4 heteroatoms. The Hall–Kier alpha value is -0.610. The Morgan fingerprint density at radius 3 is 3.13 bits per heavy atom. The number of nitrogens with zero attached hydrogens (tertiary/aromatic N) is 2. The maximum atomic E-state index is 4.12. The molecule has 1 saturated heterocycles. The first-order valence-electron chi connectivity index (χ1n) is 5.27. The Balaban J connectivity index is 1.83. The van der Waals surface area contributed by atoms with Gasteiger partial charge in [0.1, 0.15) is 0 Å². The number of rotatable bonds is 3. The standard InChI is InChI=1S/C11H16BrN3/c1-15-3-2-9(8-15)5-14-11-4-10(12)6-13-7-11/h4,6-7,9,14H,2-3,5,8H2,1H3. The van der Waals surface area contributed by atoms with Crippen molar-refractivity contribution >= 4 is 21.6 Å². The van der Waals surface area contributed by atoms with E-state index in [4.69, 9.17) is 0 Å². The Kier molecular flexibility index (Phi) is 3.59. The number of aromatic nitrogens is 1. The molecule has 0 radical (unpaired) electrons. The third kappa shape index (κ3) is 3.18. The summed E-state index contributed by atoms with van der Waals surface area (Å²) < 4.78 is 1.02. The summed E-state index contributed by atoms with van der Waals surface area (Å²) >= 11 is 3.41. The summed E-state index contributed by atoms with van der Waals surface area (Å²) in [6, 6.07) is 2.06. The zero-order valence-corrected chi connectivity index (χ0v) is 10.5. The molecule has 0 aliphatic carbocycles. The van der Waals surface area contributed by atoms with Crippen LogP contribution < -0.4 is 5.32 Å². The molecule has 2 rings (SSSR count). The van der Waals surface area contributed by atoms with Crippen molar-refractivity contribution in [1.29, 1.82) is 0 Å². The topological polar surface area (TPSA) is 28.2 Å². The van der Waals surface area contributed by atoms with Gasteiger partial charge in [0.05, 0.1) is 11.9 Å². The van der Waals surface area contributed by atoms with Crippen molar-refractivity contribution < 1.29 is 0 Å². The van der Waals surface area contributed by atoms with Gasteiger partial charge in [-0.2, -0.15) is 0 Å². The van der Waals surface area contributed by atoms with Gasteiger partial charge in [0.15, 0.2) is 0 Å². The molecule has 0 spiro atoms. The number of likely N-dealkylation sites (tertiary alicyclic amines) is 1. The lowest BCUT2D eigenvalue weighted by Gasteiger charge is -2.12. The molecule has 0 saturated carbocycles. The van der Waals surface area contributed by atoms with E-state index in [0.717, 1.165) is 22.6 Å². The van der Waals surface area contributed by atoms with E-state index in [9.17, 15) is 0 Å². The number of hydrogen-bond acceptors (Lipinski definition) is 3. The molecule has 1 atom stereocenters. The molecule has 1 aliphatic heterocycles. The van der Waals surface area contributed by atoms with Crippen LogP contribution in [0.5, 0.6) is 0 Å². The van der Waals surface area contributed by atoms with Gasteiger partial charge in [0.2, 0.25) is 0 Å². The van der Waals surface area contributed by atoms with E-state index in [-0.39, 0.29) is 0 Å². The highest BCUT2D eigenvalue weighted by atomic mass is 79.9. The Bertz CT molecular complexity index is 329. The van der Waals surface area contributed by atoms with Crippen molar-refractivity contribution in [3.63, 3.8) is 0 Å². The van der Waals surface area contributed by atoms with Gasteiger partial charge in [-0.3, -0.25) is 4.98 Å². The average Bonchev–Trinajstić information content (AvgIpc) is 2.62. The quantitative estimate of drug-likeness (QED) is 0.912. The molecule has 1 N–H and O–H groups in total. The van der Waals surface area contributed by atoms with E-state index >= 15 is 0 Å². The SMILES string of the molecule is CN1CCC(CNc2cncc(Br)c2)C1. The molecule has 0 bridgehead atoms. The smallest absolute Gasteiger partial charge is 0.0538 e. The molecule has 15 heavy (non-hydrogen) atoms. The summed E-state index contributed by atoms with van der Waals surface area (Å²) in [6.45, 7) is 3.47. The third-order valence-electron chi connectivity index (χ3n) is 2.79. The maximum absolute atomic E-state index is 4.12. The first-order chi connectivity index (χ1) is 7.24. The lowest BCUT2D eigenvalue weighted by molar-refractivity contribution is 0.399. The Morgan fingerprint density at radius 1 is 1.60 bits per heavy atom. The molecule has 0 aromatic carbocycles. The number of pyridine rings is 1. The third-order valence-corrected chi connectivity index (χ3v) is 3.22. The lowest BCUT2D eigenvalue weighted by Crippen LogP contribution is -2.19. The predicted molar refractivity (Wildman–Crippen MR) is 66.0 cm³/mol. The van der Waals surface area contributed by atoms with Crippen LogP contribution in [0.2, 0.25) is 0 Å². The first-order valence-corrected chi connectivity index (χ1v) is 6.06. The molecule has 0 amide bonds. The van der Waals surface area contributed by atoms with Crippen molar-refractivity contribution in [3.05, 3.63) is 22.9 Å². The van der Waals surface area contributed by atoms with Crippen LogP contribution in [0.15, 0.2) is 22.9 Å². The van der Waals surface area contributed by atoms with Crippen LogP contribution in [-0.4, -0.2) is 36.6 Å². The van der Waals surface area contributed by atoms with E-state index in [2.05, 4.69) is 44.2 Å². The molecule has 2 heterocycles. The number of hydrogen-bond donors (Lipinski definition) is 1. The average molecular weight is 270 g/mol. The fourth-order valence-corrected chi connectivity index (χ4v) is 2.33. The van der Waals surface area contributed by atoms with Gasteiger partial charge in [-0.1, -0.05) is 0 Å². The monoisotopic (exact) mass is 269 g/mol. The van der Waals surface area contributed by atoms with Crippen molar-refractivity contribution in [2.24, 2.45) is 5.92 Å². The second kappa shape index (κ2) is 4.94. The van der Waals surface area contributed by atoms with Gasteiger partial charge >= 0.3 is 0 Å². The van der Waals surface area contributed by atoms with Crippen molar-refractivity contribution in [3.8, 4) is 0 Å². The largest absolute Gasteiger partial charge is 0.383 e. The van der Waals surface area contributed by atoms with Crippen molar-refractivity contribution in [2.45, 2.75) is 6.42 Å². The molecule has 3 nitrogen and oxygen atoms in total. The van der Waals surface area contributed by atoms with Gasteiger partial charge in [-0.15, -0.1) is 0 Å². The molecule has 1 aromatic heterocycles. The molecule has 1 fully saturated rings. The lowest BCUT2D eigenvalue weighted by atomic mass is 10.1. The van der Waals surface area contributed by atoms with E-state index in [1.165, 1.54) is 19.5 Å². The van der Waals surface area contributed by atoms with Gasteiger partial charge in [-0.25, -0.2) is 0 Å². The van der Waals surface area contributed by atoms with Gasteiger partial charge < -0.3 is 10.2 Å². The second-order valence-corrected chi connectivity index (χ2v) is 5.11. The summed E-state index contributed by atoms with van der Waals surface area (Å²) in [7, 11) is 2.18. The predicted octanol–water partition coefficient (Wildman–Crippen LogP) is 2.21. The van der Waals surface area contributed by atoms with E-state index < -0.39 is 0 Å². The molecular formula is C11H16BrN3. The molecular weight excluding hydrogens is 254 g/mol. The van der Waals surface area contributed by atoms with E-state index in [1.807, 2.05) is 6.20 Å². The van der Waals surface area contributed by atoms with E-state index in [1.54, 1.807) is 6.20 Å². The van der Waals surface area contributed by atoms with Crippen LogP contribution in [0.4, 0.5) is 5.69 Å². The second-order valence-electron chi connectivity index (χ2n) is 4.19. The summed E-state index contributed by atoms with van der Waals surface area (Å²) in [6.07, 6.45) is 4.96. The number of nitrogens with one attached hydrogen (secondary N) is 1. The van der Waals surface area contributed by atoms with Crippen LogP contribution >= 0.6 is 15.9 Å². The van der Waals surface area contributed by atoms with Gasteiger partial charge in [0.25, 0.3) is 0 Å². The number of anilines is 1. The highest BCUT2D eigenvalue weighted by Gasteiger charge is 2.18. The van der Waals surface area contributed by atoms with Crippen LogP contribution in [0, 0.1) is 5.92 Å². The maximum Gasteiger partial charge on any atom is 0.0538 e. The minimum atomic E-state index is 0.772. The van der Waals surface area contributed by atoms with Crippen LogP contribution in [-0.2, 0) is 0 Å². The normalized spacial score (nSPS) is 21.9. The summed E-state index contributed by atoms with van der Waals surface area (Å²) in [5.41, 5.74) is 1.10. The first kappa shape index (κ1) is 10.9. The van der Waals surface area contributed by atoms with Crippen LogP contribution in [0.3, 0.4) is 0 Å². The highest BCUT2D eigenvalue weighted by Crippen LogP contribution is 2.17. The fourth-order valence-electron chi connectivity index (χ4n) is 1.96. The van der Waals surface area contributed by atoms with Gasteiger partial charge in [0, 0.05) is 23.8 Å². The zero-order chi connectivity index (χ0) is 10.7. The van der Waals surface area contributed by atoms with E-state index in [0.29, 0.717) is 0 Å². The summed E-state index contributed by atoms with van der Waals surface area (Å²) in [4.78, 5) is 6.51. The summed E-state index contributed by atoms with van der Waals surface area (Å²) in [5.74, 6) is 0.772.